The van der Waals surface area contributed by atoms with Crippen molar-refractivity contribution in [2.45, 2.75) is 152 Å². The van der Waals surface area contributed by atoms with Gasteiger partial charge in [-0.2, -0.15) is 23.5 Å². The van der Waals surface area contributed by atoms with Gasteiger partial charge in [-0.3, -0.25) is 48.1 Å². The zero-order valence-corrected chi connectivity index (χ0v) is 64.6. The molecule has 0 saturated carbocycles. The van der Waals surface area contributed by atoms with E-state index < -0.39 is 143 Å². The molecule has 2 unspecified atom stereocenters. The van der Waals surface area contributed by atoms with Crippen molar-refractivity contribution in [1.29, 1.82) is 0 Å². The molecule has 0 aliphatic carbocycles. The van der Waals surface area contributed by atoms with Crippen LogP contribution in [0.4, 0.5) is 0 Å². The molecule has 7 N–H and O–H groups in total. The SMILES string of the molecule is CCCCCC(=O)C[C@H]1CSCc2cc(cc(CN3CCN(C(=O)CN4CCN5CCN6CCN(CC4)CC(=O)[O][In]([O]C(=O)C6)[O]C(=O)C5)CC3)c2)CSC[C@@H](C(=O)O)CC(=O)[C@H](Cc2ccccc2)NC(=O)[C@H](CCC(N)=O)NC(=O)[C@H]([C@@H](C)O)NC(=O)[C@@H]2CCCN2C(=O)[C@@H]2CCCN2C1=O. The number of nitrogens with one attached hydrogen (secondary N) is 3. The smallest absolute Gasteiger partial charge is 0.481 e. The van der Waals surface area contributed by atoms with Gasteiger partial charge in [-0.15, -0.1) is 0 Å². The minimum absolute atomic E-state index is 0.0208. The van der Waals surface area contributed by atoms with Crippen molar-refractivity contribution in [3.05, 3.63) is 70.8 Å². The van der Waals surface area contributed by atoms with Crippen molar-refractivity contribution in [3.8, 4) is 0 Å². The van der Waals surface area contributed by atoms with Gasteiger partial charge in [0.2, 0.25) is 35.4 Å². The van der Waals surface area contributed by atoms with Gasteiger partial charge >= 0.3 is 209 Å². The summed E-state index contributed by atoms with van der Waals surface area (Å²) in [6.45, 7) is 9.47. The number of nitrogens with zero attached hydrogens (tertiary/aromatic N) is 8. The first-order valence-electron chi connectivity index (χ1n) is 36.5. The molecule has 2 aromatic rings. The standard InChI is InChI=1S/C71H104N12O18S2.In/c1-3-4-6-13-54(85)36-52-45-102-43-50-32-49(38-76-28-30-81(31-29-76)61(88)39-77-20-22-78(40-62(89)90)24-26-80(42-64(93)94)27-25-79(23-21-77)41-63(91)92)33-51(34-50)44-103-46-53(71(100)101)37-59(86)56(35-48-11-7-5-8-12-48)74-66(95)55(16-17-60(72)87)73-68(97)65(47(2)84)75-67(96)57-14-9-18-82(57)70(99)58-15-10-19-83(58)69(52)98;/h5,7-8,11-12,32-34,47,52-53,55-58,65,84H,3-4,6,9-10,13-31,35-46H2,1-2H3,(H2,72,87)(H,73,97)(H,74,95)(H,75,96)(H,89,90)(H,91,92)(H,93,94)(H,100,101);/q;+3/p-3/t47-,52+,53+,55+,56+,57+,58+,65+;/m1./s1. The Balaban J connectivity index is 0.953. The number of carboxylic acid groups (broad SMARTS) is 1. The fourth-order valence-electron chi connectivity index (χ4n) is 14.3. The number of thioether (sulfide) groups is 2. The molecule has 7 amide bonds. The maximum absolute atomic E-state index is 15.1. The summed E-state index contributed by atoms with van der Waals surface area (Å²) in [5.41, 5.74) is 8.84. The van der Waals surface area contributed by atoms with Crippen LogP contribution in [0.15, 0.2) is 48.5 Å². The summed E-state index contributed by atoms with van der Waals surface area (Å²) < 4.78 is 16.5. The predicted octanol–water partition coefficient (Wildman–Crippen LogP) is -0.185. The third-order valence-corrected chi connectivity index (χ3v) is 26.4. The van der Waals surface area contributed by atoms with Gasteiger partial charge in [0.25, 0.3) is 0 Å². The summed E-state index contributed by atoms with van der Waals surface area (Å²) in [4.78, 5) is 195. The molecular weight excluding hydrogens is 1490 g/mol. The third kappa shape index (κ3) is 24.7. The van der Waals surface area contributed by atoms with Crippen molar-refractivity contribution in [1.82, 2.24) is 55.1 Å². The van der Waals surface area contributed by atoms with Crippen LogP contribution in [-0.4, -0.2) is 315 Å². The van der Waals surface area contributed by atoms with Crippen LogP contribution in [0.3, 0.4) is 0 Å². The minimum Gasteiger partial charge on any atom is -0.481 e. The van der Waals surface area contributed by atoms with Crippen LogP contribution in [0.25, 0.3) is 0 Å². The van der Waals surface area contributed by atoms with Gasteiger partial charge in [0.15, 0.2) is 5.78 Å². The van der Waals surface area contributed by atoms with E-state index >= 15 is 4.79 Å². The normalized spacial score (nSPS) is 27.4. The average Bonchev–Trinajstić information content (AvgIpc) is 1.61. The number of ketones is 2. The van der Waals surface area contributed by atoms with E-state index in [1.165, 1.54) is 35.3 Å². The van der Waals surface area contributed by atoms with Gasteiger partial charge in [-0.25, -0.2) is 0 Å². The van der Waals surface area contributed by atoms with Gasteiger partial charge in [-0.05, 0) is 74.1 Å². The first-order valence-corrected chi connectivity index (χ1v) is 42.8. The second kappa shape index (κ2) is 40.3. The Morgan fingerprint density at radius 1 is 0.625 bits per heavy atom. The van der Waals surface area contributed by atoms with Gasteiger partial charge in [0.05, 0.1) is 24.0 Å². The van der Waals surface area contributed by atoms with Gasteiger partial charge < -0.3 is 41.7 Å². The van der Waals surface area contributed by atoms with E-state index in [1.807, 2.05) is 43.6 Å². The molecule has 6 saturated heterocycles. The topological polar surface area (TPSA) is 378 Å². The Labute approximate surface area is 624 Å². The number of primary amides is 1. The zero-order valence-electron chi connectivity index (χ0n) is 59.7. The van der Waals surface area contributed by atoms with Crippen LogP contribution in [0.1, 0.15) is 113 Å². The van der Waals surface area contributed by atoms with Crippen molar-refractivity contribution >= 4 is 123 Å². The summed E-state index contributed by atoms with van der Waals surface area (Å²) in [5, 5.41) is 29.6. The molecule has 0 radical (unpaired) electrons. The number of hydrogen-bond acceptors (Lipinski definition) is 24. The number of fused-ring (bicyclic) bond motifs is 11. The predicted molar refractivity (Wildman–Crippen MR) is 384 cm³/mol. The second-order valence-corrected chi connectivity index (χ2v) is 34.0. The molecule has 6 bridgehead atoms. The number of hydrogen-bond donors (Lipinski definition) is 6. The van der Waals surface area contributed by atoms with Crippen LogP contribution < -0.4 is 21.7 Å². The van der Waals surface area contributed by atoms with E-state index in [4.69, 9.17) is 14.3 Å². The van der Waals surface area contributed by atoms with Gasteiger partial charge in [0, 0.05) is 68.3 Å². The number of rotatable bonds is 17. The summed E-state index contributed by atoms with van der Waals surface area (Å²) in [5.74, 6) is -9.33. The number of nitrogens with two attached hydrogens (primary N) is 1. The number of piperazine rings is 1. The molecule has 7 heterocycles. The van der Waals surface area contributed by atoms with Crippen molar-refractivity contribution in [2.24, 2.45) is 17.6 Å². The first kappa shape index (κ1) is 81.4. The average molecular weight is 1590 g/mol. The molecule has 2 aromatic carbocycles. The second-order valence-electron chi connectivity index (χ2n) is 28.2. The minimum atomic E-state index is -4.32. The number of carboxylic acids is 1. The van der Waals surface area contributed by atoms with Crippen LogP contribution in [-0.2, 0) is 95.4 Å². The molecule has 9 rings (SSSR count). The number of aliphatic carboxylic acids is 1. The molecular formula is C71H101InN12O18S2. The van der Waals surface area contributed by atoms with E-state index in [9.17, 15) is 67.7 Å². The van der Waals surface area contributed by atoms with Gasteiger partial charge in [0.1, 0.15) is 30.0 Å². The number of amides is 7. The Hall–Kier alpha value is -6.72. The molecule has 104 heavy (non-hydrogen) atoms. The van der Waals surface area contributed by atoms with Crippen LogP contribution in [0, 0.1) is 11.8 Å². The van der Waals surface area contributed by atoms with Crippen LogP contribution >= 0.6 is 23.5 Å². The molecule has 0 aromatic heterocycles. The van der Waals surface area contributed by atoms with E-state index in [0.29, 0.717) is 134 Å². The van der Waals surface area contributed by atoms with E-state index in [-0.39, 0.29) is 94.1 Å². The monoisotopic (exact) mass is 1590 g/mol. The zero-order chi connectivity index (χ0) is 74.4. The number of benzene rings is 2. The number of Topliss-reactive ketones (excluding diaryl/α,β-unsaturated/α-hetero) is 2. The fraction of sp³-hybridized carbons (Fsp3) is 0.648. The van der Waals surface area contributed by atoms with E-state index in [1.54, 1.807) is 35.2 Å². The van der Waals surface area contributed by atoms with Crippen molar-refractivity contribution in [2.75, 3.05) is 129 Å². The quantitative estimate of drug-likeness (QED) is 0.112. The first-order chi connectivity index (χ1) is 49.9. The number of unbranched alkanes of at least 4 members (excludes halogenated alkanes) is 2. The van der Waals surface area contributed by atoms with Crippen molar-refractivity contribution < 1.29 is 81.1 Å². The molecule has 33 heteroatoms. The molecule has 10 atom stereocenters. The van der Waals surface area contributed by atoms with E-state index in [2.05, 4.69) is 26.9 Å². The summed E-state index contributed by atoms with van der Waals surface area (Å²) in [6.07, 6.45) is 1.15. The Morgan fingerprint density at radius 3 is 1.76 bits per heavy atom. The number of aliphatic hydroxyl groups excluding tert-OH is 1. The number of aliphatic hydroxyl groups is 1. The summed E-state index contributed by atoms with van der Waals surface area (Å²) >= 11 is -1.53. The van der Waals surface area contributed by atoms with Gasteiger partial charge in [-0.1, -0.05) is 68.3 Å². The Kier molecular flexibility index (Phi) is 31.5. The Morgan fingerprint density at radius 2 is 1.18 bits per heavy atom. The molecule has 568 valence electrons. The number of carbonyl (C=O) groups excluding carboxylic acids is 12. The third-order valence-electron chi connectivity index (χ3n) is 20.2. The van der Waals surface area contributed by atoms with Crippen LogP contribution in [0.5, 0.6) is 0 Å². The van der Waals surface area contributed by atoms with Crippen LogP contribution in [0.2, 0.25) is 0 Å². The molecule has 6 fully saturated rings. The van der Waals surface area contributed by atoms with E-state index in [0.717, 1.165) is 29.5 Å². The number of carbonyl (C=O) groups is 13. The molecule has 0 spiro atoms. The maximum atomic E-state index is 15.1. The molecule has 7 aliphatic heterocycles. The fourth-order valence-corrected chi connectivity index (χ4v) is 19.3. The Bertz CT molecular complexity index is 3350. The van der Waals surface area contributed by atoms with Crippen molar-refractivity contribution in [3.63, 3.8) is 0 Å². The molecule has 7 aliphatic rings. The molecule has 30 nitrogen and oxygen atoms in total. The summed E-state index contributed by atoms with van der Waals surface area (Å²) in [7, 11) is 0. The summed E-state index contributed by atoms with van der Waals surface area (Å²) in [6, 6.07) is 8.24.